The molecule has 6 nitrogen and oxygen atoms in total. The molecule has 0 aromatic carbocycles. The highest BCUT2D eigenvalue weighted by Crippen LogP contribution is 2.22. The van der Waals surface area contributed by atoms with E-state index in [0.29, 0.717) is 6.54 Å². The predicted molar refractivity (Wildman–Crippen MR) is 67.1 cm³/mol. The Morgan fingerprint density at radius 1 is 1.44 bits per heavy atom. The molecule has 0 aliphatic carbocycles. The molecular weight excluding hydrogens is 232 g/mol. The lowest BCUT2D eigenvalue weighted by Gasteiger charge is -2.38. The zero-order valence-electron chi connectivity index (χ0n) is 11.3. The molecule has 0 amide bonds. The Morgan fingerprint density at radius 3 is 2.72 bits per heavy atom. The number of aromatic nitrogens is 3. The van der Waals surface area contributed by atoms with Crippen molar-refractivity contribution in [1.82, 2.24) is 19.7 Å². The van der Waals surface area contributed by atoms with Crippen molar-refractivity contribution < 1.29 is 9.84 Å². The maximum Gasteiger partial charge on any atom is 0.143 e. The van der Waals surface area contributed by atoms with Crippen molar-refractivity contribution in [3.63, 3.8) is 0 Å². The Bertz CT molecular complexity index is 372. The predicted octanol–water partition coefficient (Wildman–Crippen LogP) is 0.441. The zero-order valence-corrected chi connectivity index (χ0v) is 11.3. The van der Waals surface area contributed by atoms with Crippen LogP contribution in [0.1, 0.15) is 32.6 Å². The number of rotatable bonds is 4. The van der Waals surface area contributed by atoms with E-state index in [1.807, 2.05) is 0 Å². The van der Waals surface area contributed by atoms with Gasteiger partial charge < -0.3 is 9.84 Å². The van der Waals surface area contributed by atoms with Gasteiger partial charge in [-0.25, -0.2) is 9.67 Å². The van der Waals surface area contributed by atoms with E-state index in [0.717, 1.165) is 18.9 Å². The van der Waals surface area contributed by atoms with E-state index < -0.39 is 0 Å². The highest BCUT2D eigenvalue weighted by atomic mass is 16.5. The summed E-state index contributed by atoms with van der Waals surface area (Å²) in [5.41, 5.74) is 0. The molecule has 1 aliphatic rings. The lowest BCUT2D eigenvalue weighted by atomic mass is 10.1. The number of morpholine rings is 1. The van der Waals surface area contributed by atoms with Gasteiger partial charge in [0.2, 0.25) is 0 Å². The average Bonchev–Trinajstić information content (AvgIpc) is 2.75. The summed E-state index contributed by atoms with van der Waals surface area (Å²) in [6.07, 6.45) is 2.03. The van der Waals surface area contributed by atoms with Gasteiger partial charge >= 0.3 is 0 Å². The molecule has 0 unspecified atom stereocenters. The Balaban J connectivity index is 2.09. The number of hydrogen-bond acceptors (Lipinski definition) is 5. The fourth-order valence-corrected chi connectivity index (χ4v) is 2.56. The van der Waals surface area contributed by atoms with Crippen molar-refractivity contribution in [3.05, 3.63) is 12.2 Å². The van der Waals surface area contributed by atoms with E-state index in [4.69, 9.17) is 9.84 Å². The smallest absolute Gasteiger partial charge is 0.143 e. The third-order valence-corrected chi connectivity index (χ3v) is 3.33. The van der Waals surface area contributed by atoms with Gasteiger partial charge in [-0.1, -0.05) is 0 Å². The second-order valence-electron chi connectivity index (χ2n) is 4.95. The first-order valence-corrected chi connectivity index (χ1v) is 6.50. The van der Waals surface area contributed by atoms with E-state index in [1.54, 1.807) is 11.0 Å². The SMILES string of the molecule is C[C@@H]1CN([C@H](C)c2ncnn2CCO)C[C@H](C)O1. The molecule has 18 heavy (non-hydrogen) atoms. The summed E-state index contributed by atoms with van der Waals surface area (Å²) in [5.74, 6) is 0.908. The fourth-order valence-electron chi connectivity index (χ4n) is 2.56. The Kier molecular flexibility index (Phi) is 4.31. The van der Waals surface area contributed by atoms with Gasteiger partial charge in [0.1, 0.15) is 12.2 Å². The van der Waals surface area contributed by atoms with Crippen LogP contribution in [-0.4, -0.2) is 56.7 Å². The molecule has 1 aromatic rings. The van der Waals surface area contributed by atoms with E-state index in [1.165, 1.54) is 0 Å². The van der Waals surface area contributed by atoms with Crippen LogP contribution >= 0.6 is 0 Å². The van der Waals surface area contributed by atoms with Crippen LogP contribution in [0.25, 0.3) is 0 Å². The van der Waals surface area contributed by atoms with Crippen molar-refractivity contribution in [2.24, 2.45) is 0 Å². The van der Waals surface area contributed by atoms with Crippen LogP contribution in [0.3, 0.4) is 0 Å². The number of aliphatic hydroxyl groups is 1. The van der Waals surface area contributed by atoms with Crippen molar-refractivity contribution in [2.45, 2.75) is 45.6 Å². The van der Waals surface area contributed by atoms with Gasteiger partial charge in [-0.3, -0.25) is 4.90 Å². The Morgan fingerprint density at radius 2 is 2.11 bits per heavy atom. The van der Waals surface area contributed by atoms with E-state index >= 15 is 0 Å². The molecule has 6 heteroatoms. The van der Waals surface area contributed by atoms with E-state index in [2.05, 4.69) is 35.8 Å². The van der Waals surface area contributed by atoms with Gasteiger partial charge in [0.15, 0.2) is 0 Å². The lowest BCUT2D eigenvalue weighted by Crippen LogP contribution is -2.46. The minimum atomic E-state index is 0.0823. The normalized spacial score (nSPS) is 27.3. The number of nitrogens with zero attached hydrogens (tertiary/aromatic N) is 4. The quantitative estimate of drug-likeness (QED) is 0.844. The first kappa shape index (κ1) is 13.5. The summed E-state index contributed by atoms with van der Waals surface area (Å²) < 4.78 is 7.51. The molecule has 2 heterocycles. The second kappa shape index (κ2) is 5.77. The highest BCUT2D eigenvalue weighted by Gasteiger charge is 2.28. The van der Waals surface area contributed by atoms with E-state index in [9.17, 15) is 0 Å². The minimum absolute atomic E-state index is 0.0823. The molecule has 0 saturated carbocycles. The molecular formula is C12H22N4O2. The molecule has 1 saturated heterocycles. The standard InChI is InChI=1S/C12H22N4O2/c1-9-6-15(7-10(2)18-9)11(3)12-13-8-14-16(12)4-5-17/h8-11,17H,4-7H2,1-3H3/t9-,10+,11-/m1/s1. The van der Waals surface area contributed by atoms with Gasteiger partial charge in [-0.2, -0.15) is 5.10 Å². The van der Waals surface area contributed by atoms with Gasteiger partial charge in [-0.15, -0.1) is 0 Å². The molecule has 1 aromatic heterocycles. The highest BCUT2D eigenvalue weighted by molar-refractivity contribution is 4.95. The molecule has 2 rings (SSSR count). The maximum atomic E-state index is 9.02. The molecule has 1 fully saturated rings. The molecule has 0 bridgehead atoms. The first-order valence-electron chi connectivity index (χ1n) is 6.50. The largest absolute Gasteiger partial charge is 0.394 e. The Hall–Kier alpha value is -0.980. The molecule has 102 valence electrons. The first-order chi connectivity index (χ1) is 8.61. The van der Waals surface area contributed by atoms with Crippen LogP contribution in [0.2, 0.25) is 0 Å². The monoisotopic (exact) mass is 254 g/mol. The minimum Gasteiger partial charge on any atom is -0.394 e. The summed E-state index contributed by atoms with van der Waals surface area (Å²) in [5, 5.41) is 13.2. The summed E-state index contributed by atoms with van der Waals surface area (Å²) in [4.78, 5) is 6.68. The third kappa shape index (κ3) is 2.88. The van der Waals surface area contributed by atoms with Gasteiger partial charge in [0.05, 0.1) is 31.4 Å². The lowest BCUT2D eigenvalue weighted by molar-refractivity contribution is -0.0802. The van der Waals surface area contributed by atoms with Crippen LogP contribution in [0.4, 0.5) is 0 Å². The molecule has 0 radical (unpaired) electrons. The van der Waals surface area contributed by atoms with Crippen molar-refractivity contribution >= 4 is 0 Å². The summed E-state index contributed by atoms with van der Waals surface area (Å²) in [7, 11) is 0. The third-order valence-electron chi connectivity index (χ3n) is 3.33. The van der Waals surface area contributed by atoms with Crippen molar-refractivity contribution in [3.8, 4) is 0 Å². The second-order valence-corrected chi connectivity index (χ2v) is 4.95. The van der Waals surface area contributed by atoms with Crippen LogP contribution in [0, 0.1) is 0 Å². The van der Waals surface area contributed by atoms with Crippen LogP contribution < -0.4 is 0 Å². The maximum absolute atomic E-state index is 9.02. The molecule has 3 atom stereocenters. The number of ether oxygens (including phenoxy) is 1. The van der Waals surface area contributed by atoms with Gasteiger partial charge in [-0.05, 0) is 20.8 Å². The fraction of sp³-hybridized carbons (Fsp3) is 0.833. The molecule has 1 aliphatic heterocycles. The van der Waals surface area contributed by atoms with Crippen LogP contribution in [-0.2, 0) is 11.3 Å². The van der Waals surface area contributed by atoms with Gasteiger partial charge in [0, 0.05) is 13.1 Å². The molecule has 0 spiro atoms. The van der Waals surface area contributed by atoms with E-state index in [-0.39, 0.29) is 24.9 Å². The summed E-state index contributed by atoms with van der Waals surface area (Å²) in [6, 6.07) is 0.188. The van der Waals surface area contributed by atoms with Crippen LogP contribution in [0.15, 0.2) is 6.33 Å². The molecule has 1 N–H and O–H groups in total. The summed E-state index contributed by atoms with van der Waals surface area (Å²) >= 11 is 0. The van der Waals surface area contributed by atoms with Crippen molar-refractivity contribution in [2.75, 3.05) is 19.7 Å². The average molecular weight is 254 g/mol. The summed E-state index contributed by atoms with van der Waals surface area (Å²) in [6.45, 7) is 8.69. The van der Waals surface area contributed by atoms with Crippen molar-refractivity contribution in [1.29, 1.82) is 0 Å². The van der Waals surface area contributed by atoms with Crippen LogP contribution in [0.5, 0.6) is 0 Å². The zero-order chi connectivity index (χ0) is 13.1. The van der Waals surface area contributed by atoms with Gasteiger partial charge in [0.25, 0.3) is 0 Å². The number of aliphatic hydroxyl groups excluding tert-OH is 1. The Labute approximate surface area is 108 Å². The topological polar surface area (TPSA) is 63.4 Å². The number of hydrogen-bond donors (Lipinski definition) is 1.